The van der Waals surface area contributed by atoms with Gasteiger partial charge in [0.1, 0.15) is 10.4 Å². The van der Waals surface area contributed by atoms with Crippen LogP contribution in [0.2, 0.25) is 0 Å². The number of carbonyl (C=O) groups is 2. The first-order chi connectivity index (χ1) is 16.7. The van der Waals surface area contributed by atoms with E-state index in [-0.39, 0.29) is 22.2 Å². The van der Waals surface area contributed by atoms with E-state index in [2.05, 4.69) is 13.8 Å². The predicted molar refractivity (Wildman–Crippen MR) is 147 cm³/mol. The standard InChI is InChI=1S/C27H39NO5S2/c1-6-9-10-11-12-13-19(5)33-21-15-14-20(16-22(21)32-8-3)17-23-25(29)28(27(34)35-23)24(26(30)31)18(4)7-2/h14-19,24H,6-13H2,1-5H3,(H,30,31)/b23-17+/t18-,19+,24-/m1/s1. The summed E-state index contributed by atoms with van der Waals surface area (Å²) in [6.45, 7) is 10.4. The minimum absolute atomic E-state index is 0.0754. The Kier molecular flexibility index (Phi) is 12.1. The summed E-state index contributed by atoms with van der Waals surface area (Å²) in [5, 5.41) is 9.72. The lowest BCUT2D eigenvalue weighted by Crippen LogP contribution is -2.47. The number of hydrogen-bond acceptors (Lipinski definition) is 6. The maximum absolute atomic E-state index is 13.1. The molecular formula is C27H39NO5S2. The first-order valence-corrected chi connectivity index (χ1v) is 13.9. The third-order valence-corrected chi connectivity index (χ3v) is 7.48. The summed E-state index contributed by atoms with van der Waals surface area (Å²) in [6.07, 6.45) is 9.56. The van der Waals surface area contributed by atoms with Gasteiger partial charge in [0.25, 0.3) is 5.91 Å². The third kappa shape index (κ3) is 8.24. The van der Waals surface area contributed by atoms with Gasteiger partial charge in [0.2, 0.25) is 0 Å². The highest BCUT2D eigenvalue weighted by molar-refractivity contribution is 8.26. The summed E-state index contributed by atoms with van der Waals surface area (Å²) in [4.78, 5) is 26.6. The molecule has 1 aromatic rings. The Morgan fingerprint density at radius 2 is 1.86 bits per heavy atom. The smallest absolute Gasteiger partial charge is 0.327 e. The number of rotatable bonds is 15. The van der Waals surface area contributed by atoms with Gasteiger partial charge >= 0.3 is 5.97 Å². The van der Waals surface area contributed by atoms with E-state index in [0.717, 1.165) is 30.2 Å². The van der Waals surface area contributed by atoms with Crippen molar-refractivity contribution >= 4 is 46.3 Å². The fraction of sp³-hybridized carbons (Fsp3) is 0.593. The molecule has 0 aromatic heterocycles. The van der Waals surface area contributed by atoms with Gasteiger partial charge in [0.15, 0.2) is 11.5 Å². The topological polar surface area (TPSA) is 76.1 Å². The number of unbranched alkanes of at least 4 members (excludes halogenated alkanes) is 4. The molecule has 0 radical (unpaired) electrons. The molecule has 1 N–H and O–H groups in total. The van der Waals surface area contributed by atoms with Crippen molar-refractivity contribution in [2.45, 2.75) is 91.7 Å². The number of nitrogens with zero attached hydrogens (tertiary/aromatic N) is 1. The van der Waals surface area contributed by atoms with Gasteiger partial charge < -0.3 is 14.6 Å². The summed E-state index contributed by atoms with van der Waals surface area (Å²) in [7, 11) is 0. The molecule has 35 heavy (non-hydrogen) atoms. The number of thioether (sulfide) groups is 1. The molecule has 6 nitrogen and oxygen atoms in total. The number of aliphatic carboxylic acids is 1. The van der Waals surface area contributed by atoms with Gasteiger partial charge in [-0.1, -0.05) is 82.9 Å². The van der Waals surface area contributed by atoms with E-state index in [1.165, 1.54) is 30.6 Å². The molecule has 1 amide bonds. The number of carboxylic acids is 1. The van der Waals surface area contributed by atoms with Gasteiger partial charge in [0.05, 0.1) is 17.6 Å². The van der Waals surface area contributed by atoms with E-state index in [4.69, 9.17) is 21.7 Å². The van der Waals surface area contributed by atoms with Crippen molar-refractivity contribution < 1.29 is 24.2 Å². The van der Waals surface area contributed by atoms with E-state index in [1.54, 1.807) is 6.08 Å². The average molecular weight is 522 g/mol. The average Bonchev–Trinajstić information content (AvgIpc) is 3.08. The number of carboxylic acid groups (broad SMARTS) is 1. The molecule has 1 aliphatic rings. The van der Waals surface area contributed by atoms with Gasteiger partial charge in [-0.25, -0.2) is 4.79 Å². The quantitative estimate of drug-likeness (QED) is 0.153. The van der Waals surface area contributed by atoms with Crippen LogP contribution in [0.15, 0.2) is 23.1 Å². The molecule has 1 fully saturated rings. The van der Waals surface area contributed by atoms with Crippen molar-refractivity contribution in [2.75, 3.05) is 6.61 Å². The van der Waals surface area contributed by atoms with Crippen LogP contribution in [0.25, 0.3) is 6.08 Å². The van der Waals surface area contributed by atoms with Gasteiger partial charge in [-0.3, -0.25) is 9.69 Å². The minimum Gasteiger partial charge on any atom is -0.490 e. The van der Waals surface area contributed by atoms with E-state index in [9.17, 15) is 14.7 Å². The fourth-order valence-electron chi connectivity index (χ4n) is 3.99. The second kappa shape index (κ2) is 14.5. The zero-order valence-electron chi connectivity index (χ0n) is 21.5. The lowest BCUT2D eigenvalue weighted by Gasteiger charge is -2.27. The van der Waals surface area contributed by atoms with Crippen LogP contribution in [0, 0.1) is 5.92 Å². The molecule has 1 aliphatic heterocycles. The monoisotopic (exact) mass is 521 g/mol. The van der Waals surface area contributed by atoms with Gasteiger partial charge in [-0.2, -0.15) is 0 Å². The fourth-order valence-corrected chi connectivity index (χ4v) is 5.32. The molecule has 194 valence electrons. The van der Waals surface area contributed by atoms with Crippen LogP contribution >= 0.6 is 24.0 Å². The molecule has 0 spiro atoms. The minimum atomic E-state index is -1.04. The second-order valence-electron chi connectivity index (χ2n) is 8.99. The second-order valence-corrected chi connectivity index (χ2v) is 10.7. The van der Waals surface area contributed by atoms with E-state index in [1.807, 2.05) is 39.0 Å². The summed E-state index contributed by atoms with van der Waals surface area (Å²) in [6, 6.07) is 4.62. The van der Waals surface area contributed by atoms with Crippen molar-refractivity contribution in [2.24, 2.45) is 5.92 Å². The van der Waals surface area contributed by atoms with E-state index >= 15 is 0 Å². The van der Waals surface area contributed by atoms with Crippen LogP contribution in [-0.2, 0) is 9.59 Å². The SMILES string of the molecule is CCCCCCC[C@H](C)Oc1ccc(/C=C2/SC(=S)N([C@@H](C(=O)O)[C@H](C)CC)C2=O)cc1OCC. The number of carbonyl (C=O) groups excluding carboxylic acids is 1. The highest BCUT2D eigenvalue weighted by atomic mass is 32.2. The summed E-state index contributed by atoms with van der Waals surface area (Å²) < 4.78 is 12.3. The Balaban J connectivity index is 2.17. The van der Waals surface area contributed by atoms with Crippen LogP contribution in [-0.4, -0.2) is 45.0 Å². The van der Waals surface area contributed by atoms with Crippen LogP contribution in [0.3, 0.4) is 0 Å². The third-order valence-electron chi connectivity index (χ3n) is 6.15. The molecule has 3 atom stereocenters. The van der Waals surface area contributed by atoms with Crippen LogP contribution < -0.4 is 9.47 Å². The van der Waals surface area contributed by atoms with Crippen LogP contribution in [0.1, 0.15) is 85.1 Å². The van der Waals surface area contributed by atoms with Crippen molar-refractivity contribution in [1.29, 1.82) is 0 Å². The first-order valence-electron chi connectivity index (χ1n) is 12.7. The van der Waals surface area contributed by atoms with Crippen LogP contribution in [0.5, 0.6) is 11.5 Å². The van der Waals surface area contributed by atoms with Crippen molar-refractivity contribution in [1.82, 2.24) is 4.90 Å². The Morgan fingerprint density at radius 1 is 1.14 bits per heavy atom. The molecular weight excluding hydrogens is 482 g/mol. The number of benzene rings is 1. The molecule has 1 heterocycles. The van der Waals surface area contributed by atoms with Gasteiger partial charge in [-0.15, -0.1) is 0 Å². The van der Waals surface area contributed by atoms with Crippen molar-refractivity contribution in [3.63, 3.8) is 0 Å². The Hall–Kier alpha value is -2.06. The molecule has 0 unspecified atom stereocenters. The number of amides is 1. The van der Waals surface area contributed by atoms with E-state index < -0.39 is 12.0 Å². The van der Waals surface area contributed by atoms with Gasteiger partial charge in [-0.05, 0) is 56.4 Å². The normalized spacial score (nSPS) is 17.5. The molecule has 1 saturated heterocycles. The number of ether oxygens (including phenoxy) is 2. The lowest BCUT2D eigenvalue weighted by molar-refractivity contribution is -0.147. The number of thiocarbonyl (C=S) groups is 1. The summed E-state index contributed by atoms with van der Waals surface area (Å²) in [5.41, 5.74) is 0.768. The zero-order chi connectivity index (χ0) is 26.0. The molecule has 2 rings (SSSR count). The molecule has 0 aliphatic carbocycles. The highest BCUT2D eigenvalue weighted by Gasteiger charge is 2.42. The van der Waals surface area contributed by atoms with Crippen molar-refractivity contribution in [3.8, 4) is 11.5 Å². The molecule has 0 saturated carbocycles. The lowest BCUT2D eigenvalue weighted by atomic mass is 9.98. The Bertz CT molecular complexity index is 917. The highest BCUT2D eigenvalue weighted by Crippen LogP contribution is 2.37. The summed E-state index contributed by atoms with van der Waals surface area (Å²) >= 11 is 6.52. The van der Waals surface area contributed by atoms with Crippen LogP contribution in [0.4, 0.5) is 0 Å². The van der Waals surface area contributed by atoms with Crippen molar-refractivity contribution in [3.05, 3.63) is 28.7 Å². The maximum Gasteiger partial charge on any atom is 0.327 e. The number of hydrogen-bond donors (Lipinski definition) is 1. The molecule has 1 aromatic carbocycles. The largest absolute Gasteiger partial charge is 0.490 e. The Labute approximate surface area is 219 Å². The van der Waals surface area contributed by atoms with E-state index in [0.29, 0.717) is 29.4 Å². The molecule has 0 bridgehead atoms. The Morgan fingerprint density at radius 3 is 2.49 bits per heavy atom. The van der Waals surface area contributed by atoms with Gasteiger partial charge in [0, 0.05) is 0 Å². The predicted octanol–water partition coefficient (Wildman–Crippen LogP) is 6.91. The maximum atomic E-state index is 13.1. The zero-order valence-corrected chi connectivity index (χ0v) is 23.2. The molecule has 8 heteroatoms. The first kappa shape index (κ1) is 29.2. The summed E-state index contributed by atoms with van der Waals surface area (Å²) in [5.74, 6) is -0.332.